The molecule has 0 N–H and O–H groups in total. The predicted molar refractivity (Wildman–Crippen MR) is 119 cm³/mol. The second kappa shape index (κ2) is 8.71. The van der Waals surface area contributed by atoms with E-state index in [0.717, 1.165) is 5.56 Å². The zero-order valence-corrected chi connectivity index (χ0v) is 20.2. The highest BCUT2D eigenvalue weighted by atomic mass is 32.2. The summed E-state index contributed by atoms with van der Waals surface area (Å²) in [5, 5.41) is -1.02. The Kier molecular flexibility index (Phi) is 6.74. The van der Waals surface area contributed by atoms with Gasteiger partial charge >= 0.3 is 6.09 Å². The summed E-state index contributed by atoms with van der Waals surface area (Å²) in [6.07, 6.45) is -0.399. The van der Waals surface area contributed by atoms with E-state index in [0.29, 0.717) is 26.2 Å². The molecule has 2 heterocycles. The molecule has 31 heavy (non-hydrogen) atoms. The summed E-state index contributed by atoms with van der Waals surface area (Å²) in [5.74, 6) is -0.560. The highest BCUT2D eigenvalue weighted by molar-refractivity contribution is 7.96. The van der Waals surface area contributed by atoms with Crippen LogP contribution in [0.15, 0.2) is 29.2 Å². The molecule has 0 bridgehead atoms. The lowest BCUT2D eigenvalue weighted by Gasteiger charge is -2.38. The van der Waals surface area contributed by atoms with Crippen LogP contribution in [0.4, 0.5) is 4.79 Å². The molecule has 8 nitrogen and oxygen atoms in total. The number of carbonyl (C=O) groups excluding carboxylic acids is 1. The quantitative estimate of drug-likeness (QED) is 0.657. The number of benzene rings is 1. The van der Waals surface area contributed by atoms with E-state index >= 15 is 0 Å². The number of nitrogens with zero attached hydrogens (tertiary/aromatic N) is 2. The molecule has 2 aliphatic rings. The monoisotopic (exact) mass is 472 g/mol. The molecule has 0 saturated carbocycles. The van der Waals surface area contributed by atoms with Crippen molar-refractivity contribution in [3.63, 3.8) is 0 Å². The number of hydrogen-bond donors (Lipinski definition) is 0. The zero-order chi connectivity index (χ0) is 23.0. The van der Waals surface area contributed by atoms with E-state index in [1.165, 1.54) is 0 Å². The first kappa shape index (κ1) is 24.0. The first-order valence-corrected chi connectivity index (χ1v) is 13.9. The molecule has 2 aliphatic heterocycles. The zero-order valence-electron chi connectivity index (χ0n) is 18.6. The molecular weight excluding hydrogens is 440 g/mol. The summed E-state index contributed by atoms with van der Waals surface area (Å²) >= 11 is 0. The third kappa shape index (κ3) is 5.23. The van der Waals surface area contributed by atoms with Gasteiger partial charge in [0.2, 0.25) is 0 Å². The predicted octanol–water partition coefficient (Wildman–Crippen LogP) is 1.70. The second-order valence-corrected chi connectivity index (χ2v) is 13.5. The number of carbonyl (C=O) groups is 1. The van der Waals surface area contributed by atoms with Crippen molar-refractivity contribution in [1.82, 2.24) is 9.80 Å². The molecule has 3 rings (SSSR count). The average Bonchev–Trinajstić information content (AvgIpc) is 3.04. The van der Waals surface area contributed by atoms with Crippen LogP contribution in [0.1, 0.15) is 33.3 Å². The first-order valence-electron chi connectivity index (χ1n) is 10.6. The molecule has 10 heteroatoms. The van der Waals surface area contributed by atoms with Crippen LogP contribution in [-0.2, 0) is 29.8 Å². The van der Waals surface area contributed by atoms with Crippen LogP contribution in [0.25, 0.3) is 0 Å². The molecule has 1 aromatic rings. The first-order chi connectivity index (χ1) is 14.3. The van der Waals surface area contributed by atoms with Gasteiger partial charge in [-0.25, -0.2) is 21.6 Å². The van der Waals surface area contributed by atoms with E-state index in [1.807, 2.05) is 25.7 Å². The van der Waals surface area contributed by atoms with Gasteiger partial charge in [0.05, 0.1) is 28.3 Å². The molecule has 0 unspecified atom stereocenters. The summed E-state index contributed by atoms with van der Waals surface area (Å²) in [6.45, 7) is 9.74. The van der Waals surface area contributed by atoms with Crippen LogP contribution in [0.5, 0.6) is 0 Å². The van der Waals surface area contributed by atoms with Crippen molar-refractivity contribution in [3.8, 4) is 0 Å². The van der Waals surface area contributed by atoms with E-state index < -0.39 is 37.1 Å². The Hall–Kier alpha value is -1.65. The molecular formula is C21H32N2O6S2. The van der Waals surface area contributed by atoms with Crippen molar-refractivity contribution in [2.24, 2.45) is 0 Å². The van der Waals surface area contributed by atoms with Crippen molar-refractivity contribution in [3.05, 3.63) is 29.8 Å². The molecule has 0 spiro atoms. The van der Waals surface area contributed by atoms with Crippen molar-refractivity contribution >= 4 is 25.8 Å². The summed E-state index contributed by atoms with van der Waals surface area (Å²) < 4.78 is 56.7. The van der Waals surface area contributed by atoms with Gasteiger partial charge in [-0.2, -0.15) is 0 Å². The highest BCUT2D eigenvalue weighted by Gasteiger charge is 2.48. The molecule has 2 fully saturated rings. The van der Waals surface area contributed by atoms with Gasteiger partial charge in [0.25, 0.3) is 0 Å². The molecule has 0 aliphatic carbocycles. The Balaban J connectivity index is 1.81. The minimum Gasteiger partial charge on any atom is -0.450 e. The van der Waals surface area contributed by atoms with Gasteiger partial charge in [0, 0.05) is 32.2 Å². The smallest absolute Gasteiger partial charge is 0.409 e. The lowest BCUT2D eigenvalue weighted by atomic mass is 9.87. The van der Waals surface area contributed by atoms with E-state index in [2.05, 4.69) is 0 Å². The molecule has 0 aromatic heterocycles. The van der Waals surface area contributed by atoms with Crippen LogP contribution in [-0.4, -0.2) is 88.3 Å². The lowest BCUT2D eigenvalue weighted by molar-refractivity contribution is 0.0700. The number of amides is 1. The van der Waals surface area contributed by atoms with Gasteiger partial charge in [-0.05, 0) is 30.0 Å². The van der Waals surface area contributed by atoms with Crippen LogP contribution in [0.3, 0.4) is 0 Å². The maximum atomic E-state index is 13.4. The fraction of sp³-hybridized carbons (Fsp3) is 0.667. The summed E-state index contributed by atoms with van der Waals surface area (Å²) in [7, 11) is -7.32. The molecule has 1 amide bonds. The van der Waals surface area contributed by atoms with Crippen LogP contribution >= 0.6 is 0 Å². The number of piperazine rings is 1. The van der Waals surface area contributed by atoms with Crippen LogP contribution < -0.4 is 0 Å². The molecule has 0 radical (unpaired) electrons. The van der Waals surface area contributed by atoms with Gasteiger partial charge < -0.3 is 9.64 Å². The van der Waals surface area contributed by atoms with Crippen molar-refractivity contribution in [2.75, 3.05) is 44.3 Å². The van der Waals surface area contributed by atoms with E-state index in [9.17, 15) is 21.6 Å². The number of sulfone groups is 2. The largest absolute Gasteiger partial charge is 0.450 e. The van der Waals surface area contributed by atoms with Gasteiger partial charge in [0.15, 0.2) is 19.7 Å². The SMILES string of the molecule is CCOC(=O)N1CCN([C@H]2CS(=O)(=O)C[C@@H]2S(=O)(=O)c2ccc(C(C)(C)C)cc2)CC1. The van der Waals surface area contributed by atoms with Gasteiger partial charge in [0.1, 0.15) is 0 Å². The fourth-order valence-corrected chi connectivity index (χ4v) is 9.03. The lowest BCUT2D eigenvalue weighted by Crippen LogP contribution is -2.55. The normalized spacial score (nSPS) is 24.8. The maximum Gasteiger partial charge on any atom is 0.409 e. The van der Waals surface area contributed by atoms with E-state index in [4.69, 9.17) is 4.74 Å². The van der Waals surface area contributed by atoms with Crippen molar-refractivity contribution < 1.29 is 26.4 Å². The van der Waals surface area contributed by atoms with E-state index in [1.54, 1.807) is 36.1 Å². The average molecular weight is 473 g/mol. The van der Waals surface area contributed by atoms with Crippen LogP contribution in [0, 0.1) is 0 Å². The fourth-order valence-electron chi connectivity index (χ4n) is 4.20. The van der Waals surface area contributed by atoms with Gasteiger partial charge in [-0.1, -0.05) is 32.9 Å². The highest BCUT2D eigenvalue weighted by Crippen LogP contribution is 2.31. The molecule has 1 aromatic carbocycles. The standard InChI is InChI=1S/C21H32N2O6S2/c1-5-29-20(24)23-12-10-22(11-13-23)18-14-30(25,26)15-19(18)31(27,28)17-8-6-16(7-9-17)21(2,3)4/h6-9,18-19H,5,10-15H2,1-4H3/t18-,19-/m0/s1. The van der Waals surface area contributed by atoms with Gasteiger partial charge in [-0.15, -0.1) is 0 Å². The second-order valence-electron chi connectivity index (χ2n) is 9.22. The summed E-state index contributed by atoms with van der Waals surface area (Å²) in [5.41, 5.74) is 0.900. The van der Waals surface area contributed by atoms with Crippen molar-refractivity contribution in [2.45, 2.75) is 49.3 Å². The minimum absolute atomic E-state index is 0.111. The molecule has 174 valence electrons. The summed E-state index contributed by atoms with van der Waals surface area (Å²) in [6, 6.07) is 6.13. The molecule has 2 atom stereocenters. The Bertz CT molecular complexity index is 1000. The number of ether oxygens (including phenoxy) is 1. The van der Waals surface area contributed by atoms with Crippen molar-refractivity contribution in [1.29, 1.82) is 0 Å². The molecule has 2 saturated heterocycles. The Morgan fingerprint density at radius 2 is 1.65 bits per heavy atom. The Labute approximate surface area is 185 Å². The maximum absolute atomic E-state index is 13.4. The summed E-state index contributed by atoms with van der Waals surface area (Å²) in [4.78, 5) is 15.5. The number of rotatable bonds is 4. The van der Waals surface area contributed by atoms with E-state index in [-0.39, 0.29) is 28.4 Å². The van der Waals surface area contributed by atoms with Crippen LogP contribution in [0.2, 0.25) is 0 Å². The Morgan fingerprint density at radius 1 is 1.06 bits per heavy atom. The number of hydrogen-bond acceptors (Lipinski definition) is 7. The minimum atomic E-state index is -3.84. The third-order valence-corrected chi connectivity index (χ3v) is 10.2. The Morgan fingerprint density at radius 3 is 2.16 bits per heavy atom. The van der Waals surface area contributed by atoms with Gasteiger partial charge in [-0.3, -0.25) is 4.90 Å². The third-order valence-electron chi connectivity index (χ3n) is 6.03. The topological polar surface area (TPSA) is 101 Å².